The molecule has 0 aliphatic carbocycles. The minimum atomic E-state index is 0.982. The summed E-state index contributed by atoms with van der Waals surface area (Å²) in [5, 5.41) is 1.22. The quantitative estimate of drug-likeness (QED) is 0.786. The fraction of sp³-hybridized carbons (Fsp3) is 0.267. The number of aromatic nitrogens is 2. The third-order valence-corrected chi connectivity index (χ3v) is 2.92. The Bertz CT molecular complexity index is 561. The van der Waals surface area contributed by atoms with Gasteiger partial charge in [-0.25, -0.2) is 4.98 Å². The molecule has 0 atom stereocenters. The fourth-order valence-corrected chi connectivity index (χ4v) is 1.96. The molecule has 0 bridgehead atoms. The first-order valence-electron chi connectivity index (χ1n) is 5.94. The number of rotatable bonds is 4. The van der Waals surface area contributed by atoms with Crippen molar-refractivity contribution in [3.63, 3.8) is 0 Å². The second-order valence-electron chi connectivity index (χ2n) is 4.34. The number of aromatic amines is 1. The first-order chi connectivity index (χ1) is 8.20. The van der Waals surface area contributed by atoms with E-state index in [2.05, 4.69) is 35.6 Å². The minimum absolute atomic E-state index is 0.982. The highest BCUT2D eigenvalue weighted by atomic mass is 14.8. The normalized spacial score (nSPS) is 11.4. The molecule has 0 saturated heterocycles. The number of hydrogen-bond donors (Lipinski definition) is 1. The largest absolute Gasteiger partial charge is 0.343 e. The monoisotopic (exact) mass is 226 g/mol. The van der Waals surface area contributed by atoms with Gasteiger partial charge in [0.2, 0.25) is 0 Å². The summed E-state index contributed by atoms with van der Waals surface area (Å²) in [7, 11) is 0. The molecule has 1 N–H and O–H groups in total. The highest BCUT2D eigenvalue weighted by Crippen LogP contribution is 2.18. The zero-order valence-corrected chi connectivity index (χ0v) is 10.5. The molecule has 0 aliphatic rings. The lowest BCUT2D eigenvalue weighted by atomic mass is 10.1. The van der Waals surface area contributed by atoms with Crippen LogP contribution >= 0.6 is 0 Å². The Morgan fingerprint density at radius 2 is 2.35 bits per heavy atom. The van der Waals surface area contributed by atoms with Crippen LogP contribution in [0.5, 0.6) is 0 Å². The van der Waals surface area contributed by atoms with Crippen molar-refractivity contribution >= 4 is 11.0 Å². The lowest BCUT2D eigenvalue weighted by Crippen LogP contribution is -1.86. The zero-order chi connectivity index (χ0) is 12.3. The van der Waals surface area contributed by atoms with Crippen LogP contribution in [0, 0.1) is 6.92 Å². The number of nitrogens with zero attached hydrogens (tertiary/aromatic N) is 1. The summed E-state index contributed by atoms with van der Waals surface area (Å²) in [4.78, 5) is 7.69. The molecule has 2 aromatic heterocycles. The molecule has 2 rings (SSSR count). The predicted molar refractivity (Wildman–Crippen MR) is 73.1 cm³/mol. The SMILES string of the molecule is C=C(/C=C\C)CCc1cc2c(C)ccnc2[nH]1. The summed E-state index contributed by atoms with van der Waals surface area (Å²) in [6.45, 7) is 8.14. The summed E-state index contributed by atoms with van der Waals surface area (Å²) in [5.74, 6) is 0. The Balaban J connectivity index is 2.15. The van der Waals surface area contributed by atoms with Gasteiger partial charge in [0.05, 0.1) is 0 Å². The van der Waals surface area contributed by atoms with Crippen LogP contribution in [0.15, 0.2) is 42.6 Å². The number of allylic oxidation sites excluding steroid dienone is 3. The van der Waals surface area contributed by atoms with Gasteiger partial charge in [0.1, 0.15) is 5.65 Å². The van der Waals surface area contributed by atoms with Crippen molar-refractivity contribution in [2.45, 2.75) is 26.7 Å². The lowest BCUT2D eigenvalue weighted by Gasteiger charge is -1.97. The average Bonchev–Trinajstić information content (AvgIpc) is 2.71. The number of pyridine rings is 1. The van der Waals surface area contributed by atoms with E-state index in [1.807, 2.05) is 25.3 Å². The second kappa shape index (κ2) is 5.00. The molecular weight excluding hydrogens is 208 g/mol. The van der Waals surface area contributed by atoms with Crippen molar-refractivity contribution in [2.24, 2.45) is 0 Å². The van der Waals surface area contributed by atoms with Gasteiger partial charge in [-0.05, 0) is 44.4 Å². The van der Waals surface area contributed by atoms with Gasteiger partial charge in [0.15, 0.2) is 0 Å². The summed E-state index contributed by atoms with van der Waals surface area (Å²) < 4.78 is 0. The van der Waals surface area contributed by atoms with Gasteiger partial charge in [0.25, 0.3) is 0 Å². The van der Waals surface area contributed by atoms with Crippen molar-refractivity contribution in [2.75, 3.05) is 0 Å². The molecule has 0 amide bonds. The molecule has 2 heteroatoms. The molecule has 17 heavy (non-hydrogen) atoms. The number of fused-ring (bicyclic) bond motifs is 1. The van der Waals surface area contributed by atoms with E-state index in [9.17, 15) is 0 Å². The third kappa shape index (κ3) is 2.64. The average molecular weight is 226 g/mol. The van der Waals surface area contributed by atoms with E-state index in [0.717, 1.165) is 24.1 Å². The molecule has 0 radical (unpaired) electrons. The van der Waals surface area contributed by atoms with Crippen LogP contribution in [0.2, 0.25) is 0 Å². The maximum atomic E-state index is 4.33. The molecule has 2 aromatic rings. The first-order valence-corrected chi connectivity index (χ1v) is 5.94. The topological polar surface area (TPSA) is 28.7 Å². The summed E-state index contributed by atoms with van der Waals surface area (Å²) in [5.41, 5.74) is 4.64. The third-order valence-electron chi connectivity index (χ3n) is 2.92. The Labute approximate surface area is 102 Å². The second-order valence-corrected chi connectivity index (χ2v) is 4.34. The van der Waals surface area contributed by atoms with E-state index < -0.39 is 0 Å². The van der Waals surface area contributed by atoms with Crippen molar-refractivity contribution in [1.82, 2.24) is 9.97 Å². The van der Waals surface area contributed by atoms with Gasteiger partial charge in [0, 0.05) is 17.3 Å². The van der Waals surface area contributed by atoms with E-state index in [1.54, 1.807) is 0 Å². The van der Waals surface area contributed by atoms with Gasteiger partial charge in [-0.3, -0.25) is 0 Å². The Hall–Kier alpha value is -1.83. The van der Waals surface area contributed by atoms with Gasteiger partial charge < -0.3 is 4.98 Å². The molecule has 2 nitrogen and oxygen atoms in total. The molecule has 0 unspecified atom stereocenters. The highest BCUT2D eigenvalue weighted by Gasteiger charge is 2.03. The van der Waals surface area contributed by atoms with Crippen LogP contribution in [0.4, 0.5) is 0 Å². The maximum Gasteiger partial charge on any atom is 0.137 e. The highest BCUT2D eigenvalue weighted by molar-refractivity contribution is 5.79. The first kappa shape index (κ1) is 11.6. The van der Waals surface area contributed by atoms with Crippen molar-refractivity contribution in [3.05, 3.63) is 53.9 Å². The van der Waals surface area contributed by atoms with Crippen LogP contribution in [0.3, 0.4) is 0 Å². The standard InChI is InChI=1S/C15H18N2/c1-4-5-11(2)6-7-13-10-14-12(3)8-9-16-15(14)17-13/h4-5,8-10H,2,6-7H2,1,3H3,(H,16,17)/b5-4-. The molecule has 0 saturated carbocycles. The molecule has 0 aliphatic heterocycles. The summed E-state index contributed by atoms with van der Waals surface area (Å²) >= 11 is 0. The molecule has 0 aromatic carbocycles. The summed E-state index contributed by atoms with van der Waals surface area (Å²) in [6, 6.07) is 4.24. The Morgan fingerprint density at radius 1 is 1.53 bits per heavy atom. The van der Waals surface area contributed by atoms with Crippen molar-refractivity contribution < 1.29 is 0 Å². The van der Waals surface area contributed by atoms with Crippen molar-refractivity contribution in [1.29, 1.82) is 0 Å². The smallest absolute Gasteiger partial charge is 0.137 e. The molecular formula is C15H18N2. The van der Waals surface area contributed by atoms with Gasteiger partial charge in [-0.1, -0.05) is 24.3 Å². The van der Waals surface area contributed by atoms with Gasteiger partial charge in [-0.15, -0.1) is 0 Å². The van der Waals surface area contributed by atoms with E-state index >= 15 is 0 Å². The van der Waals surface area contributed by atoms with Crippen LogP contribution in [-0.4, -0.2) is 9.97 Å². The fourth-order valence-electron chi connectivity index (χ4n) is 1.96. The van der Waals surface area contributed by atoms with Crippen molar-refractivity contribution in [3.8, 4) is 0 Å². The number of aryl methyl sites for hydroxylation is 2. The molecule has 0 fully saturated rings. The van der Waals surface area contributed by atoms with Crippen LogP contribution in [-0.2, 0) is 6.42 Å². The number of nitrogens with one attached hydrogen (secondary N) is 1. The number of H-pyrrole nitrogens is 1. The molecule has 2 heterocycles. The Morgan fingerprint density at radius 3 is 3.06 bits per heavy atom. The van der Waals surface area contributed by atoms with E-state index in [-0.39, 0.29) is 0 Å². The van der Waals surface area contributed by atoms with Gasteiger partial charge >= 0.3 is 0 Å². The van der Waals surface area contributed by atoms with E-state index in [4.69, 9.17) is 0 Å². The van der Waals surface area contributed by atoms with E-state index in [1.165, 1.54) is 16.6 Å². The van der Waals surface area contributed by atoms with Gasteiger partial charge in [-0.2, -0.15) is 0 Å². The zero-order valence-electron chi connectivity index (χ0n) is 10.5. The number of hydrogen-bond acceptors (Lipinski definition) is 1. The molecule has 0 spiro atoms. The molecule has 88 valence electrons. The minimum Gasteiger partial charge on any atom is -0.343 e. The van der Waals surface area contributed by atoms with Crippen LogP contribution < -0.4 is 0 Å². The van der Waals surface area contributed by atoms with E-state index in [0.29, 0.717) is 0 Å². The van der Waals surface area contributed by atoms with Crippen LogP contribution in [0.25, 0.3) is 11.0 Å². The summed E-state index contributed by atoms with van der Waals surface area (Å²) in [6.07, 6.45) is 7.90. The lowest BCUT2D eigenvalue weighted by molar-refractivity contribution is 0.935. The van der Waals surface area contributed by atoms with Crippen LogP contribution in [0.1, 0.15) is 24.6 Å². The maximum absolute atomic E-state index is 4.33. The Kier molecular flexibility index (Phi) is 3.43. The predicted octanol–water partition coefficient (Wildman–Crippen LogP) is 3.94.